The zero-order valence-electron chi connectivity index (χ0n) is 18.6. The van der Waals surface area contributed by atoms with Crippen molar-refractivity contribution in [3.63, 3.8) is 0 Å². The van der Waals surface area contributed by atoms with E-state index in [4.69, 9.17) is 16.3 Å². The van der Waals surface area contributed by atoms with E-state index in [-0.39, 0.29) is 17.2 Å². The molecule has 2 heterocycles. The van der Waals surface area contributed by atoms with Crippen molar-refractivity contribution in [2.24, 2.45) is 0 Å². The third-order valence-corrected chi connectivity index (χ3v) is 7.44. The highest BCUT2D eigenvalue weighted by molar-refractivity contribution is 7.93. The Labute approximate surface area is 198 Å². The molecule has 3 rings (SSSR count). The van der Waals surface area contributed by atoms with Gasteiger partial charge in [-0.15, -0.1) is 11.6 Å². The lowest BCUT2D eigenvalue weighted by molar-refractivity contribution is -0.154. The summed E-state index contributed by atoms with van der Waals surface area (Å²) in [6.07, 6.45) is 4.63. The van der Waals surface area contributed by atoms with Gasteiger partial charge in [-0.3, -0.25) is 4.79 Å². The number of H-pyrrole nitrogens is 1. The molecule has 0 bridgehead atoms. The molecule has 1 amide bonds. The van der Waals surface area contributed by atoms with Crippen molar-refractivity contribution in [3.8, 4) is 0 Å². The quantitative estimate of drug-likeness (QED) is 0.351. The summed E-state index contributed by atoms with van der Waals surface area (Å²) >= 11 is 5.90. The van der Waals surface area contributed by atoms with Crippen molar-refractivity contribution in [3.05, 3.63) is 70.8 Å². The van der Waals surface area contributed by atoms with Crippen LogP contribution in [0.25, 0.3) is 10.9 Å². The number of esters is 1. The standard InChI is InChI=1S/C23H26ClN3O5S/c1-5-15(33(30,31)25-3)11-10-14(2)22-21-17(16-8-6-7-9-18(16)26-21)12-19(23(29)32-4)27(22)20(28)13-24/h5-11,19,22,25-26H,2,12-13H2,1,3-4H3/b11-10-,15-5+/t19-,22+/m1/s1. The predicted octanol–water partition coefficient (Wildman–Crippen LogP) is 2.94. The summed E-state index contributed by atoms with van der Waals surface area (Å²) < 4.78 is 31.7. The molecule has 0 saturated heterocycles. The molecule has 0 spiro atoms. The third-order valence-electron chi connectivity index (χ3n) is 5.68. The third kappa shape index (κ3) is 4.62. The first-order chi connectivity index (χ1) is 15.7. The topological polar surface area (TPSA) is 109 Å². The Morgan fingerprint density at radius 1 is 1.33 bits per heavy atom. The number of alkyl halides is 1. The second kappa shape index (κ2) is 9.94. The van der Waals surface area contributed by atoms with Crippen LogP contribution < -0.4 is 4.72 Å². The largest absolute Gasteiger partial charge is 0.467 e. The van der Waals surface area contributed by atoms with Crippen LogP contribution in [0.4, 0.5) is 0 Å². The van der Waals surface area contributed by atoms with E-state index < -0.39 is 34.0 Å². The fourth-order valence-electron chi connectivity index (χ4n) is 4.11. The minimum absolute atomic E-state index is 0.0403. The molecule has 33 heavy (non-hydrogen) atoms. The van der Waals surface area contributed by atoms with Crippen molar-refractivity contribution < 1.29 is 22.7 Å². The Hall–Kier alpha value is -2.88. The van der Waals surface area contributed by atoms with Gasteiger partial charge in [-0.25, -0.2) is 17.9 Å². The van der Waals surface area contributed by atoms with Crippen molar-refractivity contribution >= 4 is 44.4 Å². The van der Waals surface area contributed by atoms with Gasteiger partial charge in [0.2, 0.25) is 15.9 Å². The Balaban J connectivity index is 2.18. The molecule has 0 saturated carbocycles. The van der Waals surface area contributed by atoms with Crippen LogP contribution in [-0.2, 0) is 30.8 Å². The fraction of sp³-hybridized carbons (Fsp3) is 0.304. The molecule has 176 valence electrons. The van der Waals surface area contributed by atoms with E-state index in [0.717, 1.165) is 16.5 Å². The molecule has 0 radical (unpaired) electrons. The van der Waals surface area contributed by atoms with Gasteiger partial charge in [-0.1, -0.05) is 36.9 Å². The maximum atomic E-state index is 12.9. The van der Waals surface area contributed by atoms with Gasteiger partial charge in [0, 0.05) is 23.0 Å². The van der Waals surface area contributed by atoms with Crippen LogP contribution in [0.1, 0.15) is 24.2 Å². The number of nitrogens with zero attached hydrogens (tertiary/aromatic N) is 1. The lowest BCUT2D eigenvalue weighted by Crippen LogP contribution is -2.52. The summed E-state index contributed by atoms with van der Waals surface area (Å²) in [4.78, 5) is 30.4. The Morgan fingerprint density at radius 2 is 2.03 bits per heavy atom. The van der Waals surface area contributed by atoms with Crippen LogP contribution >= 0.6 is 11.6 Å². The van der Waals surface area contributed by atoms with E-state index in [2.05, 4.69) is 16.3 Å². The summed E-state index contributed by atoms with van der Waals surface area (Å²) in [5.41, 5.74) is 2.82. The number of aromatic amines is 1. The summed E-state index contributed by atoms with van der Waals surface area (Å²) in [6.45, 7) is 5.71. The molecule has 2 N–H and O–H groups in total. The number of halogens is 1. The zero-order valence-corrected chi connectivity index (χ0v) is 20.2. The van der Waals surface area contributed by atoms with Crippen LogP contribution in [0.15, 0.2) is 59.6 Å². The molecule has 1 aliphatic rings. The number of carbonyl (C=O) groups excluding carboxylic acids is 2. The Bertz CT molecular complexity index is 1260. The minimum atomic E-state index is -3.68. The average Bonchev–Trinajstić information content (AvgIpc) is 3.20. The van der Waals surface area contributed by atoms with Crippen molar-refractivity contribution in [1.82, 2.24) is 14.6 Å². The van der Waals surface area contributed by atoms with E-state index in [9.17, 15) is 18.0 Å². The fourth-order valence-corrected chi connectivity index (χ4v) is 5.04. The molecule has 2 atom stereocenters. The number of benzene rings is 1. The number of allylic oxidation sites excluding steroid dienone is 2. The van der Waals surface area contributed by atoms with E-state index >= 15 is 0 Å². The number of fused-ring (bicyclic) bond motifs is 3. The summed E-state index contributed by atoms with van der Waals surface area (Å²) in [6, 6.07) is 5.93. The van der Waals surface area contributed by atoms with E-state index in [1.807, 2.05) is 24.3 Å². The molecule has 1 aromatic carbocycles. The maximum absolute atomic E-state index is 12.9. The average molecular weight is 492 g/mol. The molecule has 10 heteroatoms. The number of hydrogen-bond acceptors (Lipinski definition) is 5. The minimum Gasteiger partial charge on any atom is -0.467 e. The second-order valence-electron chi connectivity index (χ2n) is 7.45. The molecule has 1 aromatic heterocycles. The van der Waals surface area contributed by atoms with Gasteiger partial charge in [0.15, 0.2) is 0 Å². The number of rotatable bonds is 7. The SMILES string of the molecule is C=C(/C=C\C(=C/C)S(=O)(=O)NC)[C@H]1c2[nH]c3ccccc3c2C[C@H](C(=O)OC)N1C(=O)CCl. The predicted molar refractivity (Wildman–Crippen MR) is 128 cm³/mol. The van der Waals surface area contributed by atoms with Crippen LogP contribution in [0.2, 0.25) is 0 Å². The highest BCUT2D eigenvalue weighted by Gasteiger charge is 2.43. The number of amides is 1. The number of ether oxygens (including phenoxy) is 1. The lowest BCUT2D eigenvalue weighted by Gasteiger charge is -2.40. The summed E-state index contributed by atoms with van der Waals surface area (Å²) in [7, 11) is -1.10. The lowest BCUT2D eigenvalue weighted by atomic mass is 9.88. The first-order valence-electron chi connectivity index (χ1n) is 10.2. The van der Waals surface area contributed by atoms with E-state index in [0.29, 0.717) is 11.3 Å². The summed E-state index contributed by atoms with van der Waals surface area (Å²) in [5.74, 6) is -1.38. The number of sulfonamides is 1. The van der Waals surface area contributed by atoms with E-state index in [1.165, 1.54) is 37.3 Å². The molecule has 0 unspecified atom stereocenters. The van der Waals surface area contributed by atoms with Crippen molar-refractivity contribution in [1.29, 1.82) is 0 Å². The van der Waals surface area contributed by atoms with Crippen molar-refractivity contribution in [2.45, 2.75) is 25.4 Å². The van der Waals surface area contributed by atoms with Crippen LogP contribution in [0, 0.1) is 0 Å². The van der Waals surface area contributed by atoms with E-state index in [1.54, 1.807) is 6.92 Å². The maximum Gasteiger partial charge on any atom is 0.328 e. The second-order valence-corrected chi connectivity index (χ2v) is 9.60. The Morgan fingerprint density at radius 3 is 2.64 bits per heavy atom. The van der Waals surface area contributed by atoms with Gasteiger partial charge < -0.3 is 14.6 Å². The van der Waals surface area contributed by atoms with Gasteiger partial charge in [-0.05, 0) is 37.3 Å². The normalized spacial score (nSPS) is 19.0. The van der Waals surface area contributed by atoms with Crippen molar-refractivity contribution in [2.75, 3.05) is 20.0 Å². The molecule has 0 aliphatic carbocycles. The number of hydrogen-bond donors (Lipinski definition) is 2. The molecular formula is C23H26ClN3O5S. The first-order valence-corrected chi connectivity index (χ1v) is 12.2. The smallest absolute Gasteiger partial charge is 0.328 e. The van der Waals surface area contributed by atoms with Crippen LogP contribution in [0.3, 0.4) is 0 Å². The summed E-state index contributed by atoms with van der Waals surface area (Å²) in [5, 5.41) is 0.924. The van der Waals surface area contributed by atoms with Gasteiger partial charge in [0.05, 0.1) is 18.1 Å². The first kappa shape index (κ1) is 24.8. The van der Waals surface area contributed by atoms with Gasteiger partial charge in [0.25, 0.3) is 0 Å². The number of nitrogens with one attached hydrogen (secondary N) is 2. The molecule has 0 fully saturated rings. The zero-order chi connectivity index (χ0) is 24.3. The highest BCUT2D eigenvalue weighted by atomic mass is 35.5. The van der Waals surface area contributed by atoms with Crippen LogP contribution in [0.5, 0.6) is 0 Å². The Kier molecular flexibility index (Phi) is 7.46. The molecular weight excluding hydrogens is 466 g/mol. The number of aromatic nitrogens is 1. The highest BCUT2D eigenvalue weighted by Crippen LogP contribution is 2.41. The number of carbonyl (C=O) groups is 2. The molecule has 1 aliphatic heterocycles. The van der Waals surface area contributed by atoms with Gasteiger partial charge >= 0.3 is 5.97 Å². The molecule has 8 nitrogen and oxygen atoms in total. The van der Waals surface area contributed by atoms with Crippen LogP contribution in [-0.4, -0.2) is 56.3 Å². The molecule has 2 aromatic rings. The number of para-hydroxylation sites is 1. The van der Waals surface area contributed by atoms with Gasteiger partial charge in [0.1, 0.15) is 11.9 Å². The van der Waals surface area contributed by atoms with Gasteiger partial charge in [-0.2, -0.15) is 0 Å². The monoisotopic (exact) mass is 491 g/mol. The number of methoxy groups -OCH3 is 1.